The number of hydrogen-bond donors (Lipinski definition) is 3. The standard InChI is InChI=1S/C16H17FN4O2/c1-11(22)20-13-4-2-12(3-5-13)6-9-19-16(23)21-15-7-8-18-10-14(15)17/h2-5,7-8,10H,6,9H2,1H3,(H,20,22)(H2,18,19,21,23). The first-order chi connectivity index (χ1) is 11.0. The van der Waals surface area contributed by atoms with E-state index in [0.29, 0.717) is 13.0 Å². The molecule has 0 aliphatic heterocycles. The molecule has 2 rings (SSSR count). The first-order valence-electron chi connectivity index (χ1n) is 7.05. The highest BCUT2D eigenvalue weighted by Crippen LogP contribution is 2.11. The van der Waals surface area contributed by atoms with Gasteiger partial charge in [-0.05, 0) is 30.2 Å². The molecule has 120 valence electrons. The number of benzene rings is 1. The van der Waals surface area contributed by atoms with Crippen LogP contribution in [-0.4, -0.2) is 23.5 Å². The monoisotopic (exact) mass is 316 g/mol. The fourth-order valence-corrected chi connectivity index (χ4v) is 1.92. The number of halogens is 1. The molecule has 1 heterocycles. The van der Waals surface area contributed by atoms with Crippen LogP contribution in [0.5, 0.6) is 0 Å². The summed E-state index contributed by atoms with van der Waals surface area (Å²) in [6.45, 7) is 1.85. The molecule has 7 heteroatoms. The van der Waals surface area contributed by atoms with Gasteiger partial charge in [0.2, 0.25) is 5.91 Å². The number of nitrogens with zero attached hydrogens (tertiary/aromatic N) is 1. The smallest absolute Gasteiger partial charge is 0.319 e. The number of carbonyl (C=O) groups excluding carboxylic acids is 2. The van der Waals surface area contributed by atoms with Gasteiger partial charge >= 0.3 is 6.03 Å². The number of aromatic nitrogens is 1. The number of nitrogens with one attached hydrogen (secondary N) is 3. The number of anilines is 2. The quantitative estimate of drug-likeness (QED) is 0.792. The summed E-state index contributed by atoms with van der Waals surface area (Å²) < 4.78 is 13.3. The zero-order valence-corrected chi connectivity index (χ0v) is 12.6. The van der Waals surface area contributed by atoms with Crippen molar-refractivity contribution in [2.75, 3.05) is 17.2 Å². The Morgan fingerprint density at radius 2 is 1.87 bits per heavy atom. The van der Waals surface area contributed by atoms with E-state index < -0.39 is 11.8 Å². The van der Waals surface area contributed by atoms with E-state index in [1.165, 1.54) is 19.2 Å². The Bertz CT molecular complexity index is 689. The number of pyridine rings is 1. The molecule has 0 atom stereocenters. The maximum Gasteiger partial charge on any atom is 0.319 e. The van der Waals surface area contributed by atoms with Gasteiger partial charge in [0.05, 0.1) is 11.9 Å². The molecular weight excluding hydrogens is 299 g/mol. The molecule has 1 aromatic carbocycles. The van der Waals surface area contributed by atoms with Crippen LogP contribution >= 0.6 is 0 Å². The van der Waals surface area contributed by atoms with Gasteiger partial charge < -0.3 is 16.0 Å². The van der Waals surface area contributed by atoms with E-state index in [0.717, 1.165) is 17.4 Å². The van der Waals surface area contributed by atoms with Crippen molar-refractivity contribution in [3.8, 4) is 0 Å². The van der Waals surface area contributed by atoms with Crippen LogP contribution in [0.25, 0.3) is 0 Å². The summed E-state index contributed by atoms with van der Waals surface area (Å²) >= 11 is 0. The Hall–Kier alpha value is -2.96. The van der Waals surface area contributed by atoms with Crippen LogP contribution in [-0.2, 0) is 11.2 Å². The van der Waals surface area contributed by atoms with Crippen molar-refractivity contribution in [1.82, 2.24) is 10.3 Å². The van der Waals surface area contributed by atoms with Crippen LogP contribution in [0.2, 0.25) is 0 Å². The second kappa shape index (κ2) is 7.88. The number of rotatable bonds is 5. The average Bonchev–Trinajstić information content (AvgIpc) is 2.51. The fourth-order valence-electron chi connectivity index (χ4n) is 1.92. The van der Waals surface area contributed by atoms with Crippen LogP contribution in [0.4, 0.5) is 20.6 Å². The molecule has 0 fully saturated rings. The molecule has 0 unspecified atom stereocenters. The molecule has 0 aliphatic rings. The third-order valence-corrected chi connectivity index (χ3v) is 2.99. The topological polar surface area (TPSA) is 83.1 Å². The van der Waals surface area contributed by atoms with Crippen molar-refractivity contribution in [1.29, 1.82) is 0 Å². The zero-order chi connectivity index (χ0) is 16.7. The van der Waals surface area contributed by atoms with E-state index in [1.54, 1.807) is 12.1 Å². The van der Waals surface area contributed by atoms with Gasteiger partial charge in [-0.3, -0.25) is 9.78 Å². The predicted octanol–water partition coefficient (Wildman–Crippen LogP) is 2.54. The maximum atomic E-state index is 13.3. The van der Waals surface area contributed by atoms with Gasteiger partial charge in [0.1, 0.15) is 0 Å². The van der Waals surface area contributed by atoms with Gasteiger partial charge in [-0.1, -0.05) is 12.1 Å². The Labute approximate surface area is 133 Å². The van der Waals surface area contributed by atoms with Crippen LogP contribution in [0.3, 0.4) is 0 Å². The summed E-state index contributed by atoms with van der Waals surface area (Å²) in [5.74, 6) is -0.712. The van der Waals surface area contributed by atoms with Gasteiger partial charge in [0.25, 0.3) is 0 Å². The third kappa shape index (κ3) is 5.39. The molecule has 2 aromatic rings. The summed E-state index contributed by atoms with van der Waals surface area (Å²) in [6, 6.07) is 8.23. The van der Waals surface area contributed by atoms with Crippen molar-refractivity contribution < 1.29 is 14.0 Å². The minimum Gasteiger partial charge on any atom is -0.338 e. The van der Waals surface area contributed by atoms with Gasteiger partial charge in [-0.25, -0.2) is 9.18 Å². The lowest BCUT2D eigenvalue weighted by molar-refractivity contribution is -0.114. The van der Waals surface area contributed by atoms with Crippen molar-refractivity contribution in [3.63, 3.8) is 0 Å². The van der Waals surface area contributed by atoms with Crippen LogP contribution in [0, 0.1) is 5.82 Å². The van der Waals surface area contributed by atoms with Crippen LogP contribution in [0.15, 0.2) is 42.7 Å². The second-order valence-corrected chi connectivity index (χ2v) is 4.86. The normalized spacial score (nSPS) is 10.0. The summed E-state index contributed by atoms with van der Waals surface area (Å²) in [7, 11) is 0. The summed E-state index contributed by atoms with van der Waals surface area (Å²) in [6.07, 6.45) is 3.05. The lowest BCUT2D eigenvalue weighted by Gasteiger charge is -2.08. The average molecular weight is 316 g/mol. The molecule has 0 spiro atoms. The summed E-state index contributed by atoms with van der Waals surface area (Å²) in [5.41, 5.74) is 1.81. The molecule has 23 heavy (non-hydrogen) atoms. The molecular formula is C16H17FN4O2. The maximum absolute atomic E-state index is 13.3. The predicted molar refractivity (Wildman–Crippen MR) is 85.7 cm³/mol. The number of urea groups is 1. The zero-order valence-electron chi connectivity index (χ0n) is 12.6. The minimum absolute atomic E-state index is 0.0807. The molecule has 6 nitrogen and oxygen atoms in total. The van der Waals surface area contributed by atoms with Crippen molar-refractivity contribution >= 4 is 23.3 Å². The lowest BCUT2D eigenvalue weighted by atomic mass is 10.1. The highest BCUT2D eigenvalue weighted by molar-refractivity contribution is 5.89. The molecule has 3 N–H and O–H groups in total. The van der Waals surface area contributed by atoms with Crippen molar-refractivity contribution in [2.24, 2.45) is 0 Å². The molecule has 0 saturated carbocycles. The highest BCUT2D eigenvalue weighted by Gasteiger charge is 2.05. The molecule has 0 bridgehead atoms. The first kappa shape index (κ1) is 16.4. The molecule has 0 saturated heterocycles. The third-order valence-electron chi connectivity index (χ3n) is 2.99. The molecule has 3 amide bonds. The van der Waals surface area contributed by atoms with Gasteiger partial charge in [-0.15, -0.1) is 0 Å². The number of carbonyl (C=O) groups is 2. The van der Waals surface area contributed by atoms with Gasteiger partial charge in [-0.2, -0.15) is 0 Å². The van der Waals surface area contributed by atoms with Crippen molar-refractivity contribution in [2.45, 2.75) is 13.3 Å². The summed E-state index contributed by atoms with van der Waals surface area (Å²) in [5, 5.41) is 7.74. The molecule has 0 aliphatic carbocycles. The SMILES string of the molecule is CC(=O)Nc1ccc(CCNC(=O)Nc2ccncc2F)cc1. The minimum atomic E-state index is -0.587. The van der Waals surface area contributed by atoms with E-state index in [2.05, 4.69) is 20.9 Å². The Morgan fingerprint density at radius 3 is 2.52 bits per heavy atom. The Balaban J connectivity index is 1.77. The molecule has 1 aromatic heterocycles. The van der Waals surface area contributed by atoms with Crippen LogP contribution < -0.4 is 16.0 Å². The first-order valence-corrected chi connectivity index (χ1v) is 7.05. The van der Waals surface area contributed by atoms with Gasteiger partial charge in [0, 0.05) is 25.4 Å². The number of amides is 3. The van der Waals surface area contributed by atoms with Crippen molar-refractivity contribution in [3.05, 3.63) is 54.1 Å². The largest absolute Gasteiger partial charge is 0.338 e. The fraction of sp³-hybridized carbons (Fsp3) is 0.188. The second-order valence-electron chi connectivity index (χ2n) is 4.86. The van der Waals surface area contributed by atoms with E-state index in [4.69, 9.17) is 0 Å². The van der Waals surface area contributed by atoms with Gasteiger partial charge in [0.15, 0.2) is 5.82 Å². The van der Waals surface area contributed by atoms with Crippen LogP contribution in [0.1, 0.15) is 12.5 Å². The lowest BCUT2D eigenvalue weighted by Crippen LogP contribution is -2.30. The van der Waals surface area contributed by atoms with E-state index in [9.17, 15) is 14.0 Å². The summed E-state index contributed by atoms with van der Waals surface area (Å²) in [4.78, 5) is 26.2. The Morgan fingerprint density at radius 1 is 1.13 bits per heavy atom. The van der Waals surface area contributed by atoms with E-state index in [-0.39, 0.29) is 11.6 Å². The highest BCUT2D eigenvalue weighted by atomic mass is 19.1. The van der Waals surface area contributed by atoms with E-state index >= 15 is 0 Å². The Kier molecular flexibility index (Phi) is 5.62. The van der Waals surface area contributed by atoms with E-state index in [1.807, 2.05) is 12.1 Å². The number of hydrogen-bond acceptors (Lipinski definition) is 3. The molecule has 0 radical (unpaired) electrons.